The van der Waals surface area contributed by atoms with Gasteiger partial charge < -0.3 is 9.80 Å². The smallest absolute Gasteiger partial charge is 0.208 e. The Morgan fingerprint density at radius 2 is 0.655 bits per heavy atom. The molecular weight excluding hydrogens is 697 g/mol. The predicted octanol–water partition coefficient (Wildman–Crippen LogP) is 12.3. The standard InChI is InChI=1S/C49H34N2O3S/c52-49-45-31-25-38(36-23-29-44(30-24-36)51(41-17-9-3-10-18-41)42-19-11-4-12-20-42)34-48(45)55(53,54)47-32-26-37(33-46(47)49)35-21-27-43(28-22-35)50(39-13-5-1-6-14-39)40-15-7-2-8-16-40/h1-34H. The Morgan fingerprint density at radius 3 is 1.07 bits per heavy atom. The SMILES string of the molecule is O=C1c2cc(-c3ccc(N(c4ccccc4)c4ccccc4)cc3)ccc2S(=O)(=O)c2cc(-c3ccc(N(c4ccccc4)c4ccccc4)cc3)ccc21. The number of rotatable bonds is 8. The van der Waals surface area contributed by atoms with Gasteiger partial charge in [-0.3, -0.25) is 4.79 Å². The number of carbonyl (C=O) groups excluding carboxylic acids is 1. The van der Waals surface area contributed by atoms with Crippen molar-refractivity contribution in [2.24, 2.45) is 0 Å². The predicted molar refractivity (Wildman–Crippen MR) is 222 cm³/mol. The summed E-state index contributed by atoms with van der Waals surface area (Å²) in [5.74, 6) is -0.305. The van der Waals surface area contributed by atoms with Crippen molar-refractivity contribution in [1.82, 2.24) is 0 Å². The Labute approximate surface area is 320 Å². The molecule has 6 heteroatoms. The number of fused-ring (bicyclic) bond motifs is 2. The monoisotopic (exact) mass is 730 g/mol. The zero-order chi connectivity index (χ0) is 37.4. The highest BCUT2D eigenvalue weighted by atomic mass is 32.2. The molecule has 1 aliphatic heterocycles. The molecule has 8 aromatic carbocycles. The second-order valence-electron chi connectivity index (χ2n) is 13.4. The van der Waals surface area contributed by atoms with E-state index in [2.05, 4.69) is 58.3 Å². The van der Waals surface area contributed by atoms with Crippen molar-refractivity contribution in [3.8, 4) is 22.3 Å². The summed E-state index contributed by atoms with van der Waals surface area (Å²) in [6.07, 6.45) is 0. The number of ketones is 1. The van der Waals surface area contributed by atoms with Gasteiger partial charge >= 0.3 is 0 Å². The Kier molecular flexibility index (Phi) is 8.65. The summed E-state index contributed by atoms with van der Waals surface area (Å²) in [5, 5.41) is 0. The van der Waals surface area contributed by atoms with Crippen LogP contribution in [-0.4, -0.2) is 14.2 Å². The van der Waals surface area contributed by atoms with Crippen molar-refractivity contribution >= 4 is 49.7 Å². The number of para-hydroxylation sites is 4. The van der Waals surface area contributed by atoms with Gasteiger partial charge in [-0.15, -0.1) is 0 Å². The zero-order valence-electron chi connectivity index (χ0n) is 29.7. The van der Waals surface area contributed by atoms with Crippen molar-refractivity contribution in [1.29, 1.82) is 0 Å². The molecule has 1 aliphatic rings. The summed E-state index contributed by atoms with van der Waals surface area (Å²) in [4.78, 5) is 18.4. The molecule has 0 atom stereocenters. The van der Waals surface area contributed by atoms with Crippen LogP contribution in [0.4, 0.5) is 34.1 Å². The summed E-state index contributed by atoms with van der Waals surface area (Å²) < 4.78 is 28.3. The quantitative estimate of drug-likeness (QED) is 0.156. The molecule has 0 radical (unpaired) electrons. The van der Waals surface area contributed by atoms with Crippen LogP contribution in [0.1, 0.15) is 15.9 Å². The molecule has 0 saturated carbocycles. The van der Waals surface area contributed by atoms with E-state index >= 15 is 0 Å². The van der Waals surface area contributed by atoms with Gasteiger partial charge in [0.2, 0.25) is 9.84 Å². The molecule has 1 heterocycles. The van der Waals surface area contributed by atoms with Crippen LogP contribution >= 0.6 is 0 Å². The summed E-state index contributed by atoms with van der Waals surface area (Å²) in [7, 11) is -3.97. The second-order valence-corrected chi connectivity index (χ2v) is 15.2. The second kappa shape index (κ2) is 14.1. The Morgan fingerprint density at radius 1 is 0.309 bits per heavy atom. The average Bonchev–Trinajstić information content (AvgIpc) is 3.25. The first kappa shape index (κ1) is 33.8. The van der Waals surface area contributed by atoms with Gasteiger partial charge in [0.1, 0.15) is 0 Å². The van der Waals surface area contributed by atoms with E-state index in [0.717, 1.165) is 50.8 Å². The van der Waals surface area contributed by atoms with Crippen molar-refractivity contribution in [3.05, 3.63) is 217 Å². The highest BCUT2D eigenvalue weighted by Crippen LogP contribution is 2.41. The van der Waals surface area contributed by atoms with Crippen molar-refractivity contribution < 1.29 is 13.2 Å². The molecule has 9 rings (SSSR count). The lowest BCUT2D eigenvalue weighted by molar-refractivity contribution is 0.103. The van der Waals surface area contributed by atoms with Gasteiger partial charge in [-0.2, -0.15) is 0 Å². The van der Waals surface area contributed by atoms with Crippen molar-refractivity contribution in [3.63, 3.8) is 0 Å². The molecule has 5 nitrogen and oxygen atoms in total. The number of nitrogens with zero attached hydrogens (tertiary/aromatic N) is 2. The Bertz CT molecular complexity index is 2680. The van der Waals surface area contributed by atoms with Crippen LogP contribution in [0, 0.1) is 0 Å². The third kappa shape index (κ3) is 6.28. The largest absolute Gasteiger partial charge is 0.311 e. The number of hydrogen-bond donors (Lipinski definition) is 0. The first-order valence-electron chi connectivity index (χ1n) is 18.0. The molecule has 0 fully saturated rings. The molecule has 0 bridgehead atoms. The van der Waals surface area contributed by atoms with Gasteiger partial charge in [-0.25, -0.2) is 8.42 Å². The van der Waals surface area contributed by atoms with Gasteiger partial charge in [0.15, 0.2) is 5.78 Å². The van der Waals surface area contributed by atoms with Gasteiger partial charge in [0.05, 0.1) is 9.79 Å². The number of benzene rings is 8. The van der Waals surface area contributed by atoms with Gasteiger partial charge in [0.25, 0.3) is 0 Å². The molecule has 0 saturated heterocycles. The summed E-state index contributed by atoms with van der Waals surface area (Å²) >= 11 is 0. The minimum atomic E-state index is -3.97. The maximum atomic E-state index is 14.2. The van der Waals surface area contributed by atoms with E-state index in [0.29, 0.717) is 5.56 Å². The molecule has 0 N–H and O–H groups in total. The fourth-order valence-electron chi connectivity index (χ4n) is 7.31. The van der Waals surface area contributed by atoms with Crippen LogP contribution in [0.2, 0.25) is 0 Å². The lowest BCUT2D eigenvalue weighted by Gasteiger charge is -2.25. The van der Waals surface area contributed by atoms with Crippen molar-refractivity contribution in [2.45, 2.75) is 9.79 Å². The van der Waals surface area contributed by atoms with Crippen LogP contribution in [0.25, 0.3) is 22.3 Å². The first-order chi connectivity index (χ1) is 27.0. The molecule has 0 unspecified atom stereocenters. The minimum absolute atomic E-state index is 0.0264. The first-order valence-corrected chi connectivity index (χ1v) is 19.5. The summed E-state index contributed by atoms with van der Waals surface area (Å²) in [6.45, 7) is 0. The number of anilines is 6. The zero-order valence-corrected chi connectivity index (χ0v) is 30.5. The van der Waals surface area contributed by atoms with E-state index in [9.17, 15) is 13.2 Å². The maximum Gasteiger partial charge on any atom is 0.208 e. The molecule has 0 spiro atoms. The van der Waals surface area contributed by atoms with Crippen LogP contribution in [-0.2, 0) is 9.84 Å². The van der Waals surface area contributed by atoms with Crippen LogP contribution in [0.5, 0.6) is 0 Å². The maximum absolute atomic E-state index is 14.2. The summed E-state index contributed by atoms with van der Waals surface area (Å²) in [6, 6.07) is 66.9. The molecule has 8 aromatic rings. The molecule has 264 valence electrons. The van der Waals surface area contributed by atoms with E-state index in [1.165, 1.54) is 0 Å². The number of carbonyl (C=O) groups is 1. The molecular formula is C49H34N2O3S. The highest BCUT2D eigenvalue weighted by Gasteiger charge is 2.35. The molecule has 55 heavy (non-hydrogen) atoms. The normalized spacial score (nSPS) is 12.7. The van der Waals surface area contributed by atoms with Crippen LogP contribution in [0.15, 0.2) is 216 Å². The van der Waals surface area contributed by atoms with Gasteiger partial charge in [-0.1, -0.05) is 109 Å². The van der Waals surface area contributed by atoms with E-state index in [1.807, 2.05) is 127 Å². The minimum Gasteiger partial charge on any atom is -0.311 e. The van der Waals surface area contributed by atoms with E-state index in [4.69, 9.17) is 0 Å². The van der Waals surface area contributed by atoms with Crippen LogP contribution in [0.3, 0.4) is 0 Å². The highest BCUT2D eigenvalue weighted by molar-refractivity contribution is 7.91. The van der Waals surface area contributed by atoms with E-state index in [1.54, 1.807) is 30.3 Å². The third-order valence-electron chi connectivity index (χ3n) is 10.0. The van der Waals surface area contributed by atoms with Gasteiger partial charge in [0, 0.05) is 45.3 Å². The number of sulfone groups is 1. The lowest BCUT2D eigenvalue weighted by atomic mass is 9.95. The van der Waals surface area contributed by atoms with Crippen molar-refractivity contribution in [2.75, 3.05) is 9.80 Å². The average molecular weight is 731 g/mol. The Hall–Kier alpha value is -7.02. The molecule has 0 aliphatic carbocycles. The number of hydrogen-bond acceptors (Lipinski definition) is 5. The lowest BCUT2D eigenvalue weighted by Crippen LogP contribution is -2.20. The van der Waals surface area contributed by atoms with Gasteiger partial charge in [-0.05, 0) is 119 Å². The fourth-order valence-corrected chi connectivity index (χ4v) is 8.96. The molecule has 0 aromatic heterocycles. The third-order valence-corrected chi connectivity index (χ3v) is 11.9. The fraction of sp³-hybridized carbons (Fsp3) is 0. The summed E-state index contributed by atoms with van der Waals surface area (Å²) in [5.41, 5.74) is 9.61. The topological polar surface area (TPSA) is 57.7 Å². The van der Waals surface area contributed by atoms with Crippen LogP contribution < -0.4 is 9.80 Å². The molecule has 0 amide bonds. The Balaban J connectivity index is 1.01. The van der Waals surface area contributed by atoms with E-state index in [-0.39, 0.29) is 26.7 Å². The van der Waals surface area contributed by atoms with E-state index < -0.39 is 9.84 Å².